The molecule has 3 aliphatic carbocycles. The molecule has 4 unspecified atom stereocenters. The topological polar surface area (TPSA) is 67.4 Å². The number of amides is 2. The molecule has 186 valence electrons. The van der Waals surface area contributed by atoms with E-state index in [0.29, 0.717) is 6.54 Å². The van der Waals surface area contributed by atoms with Gasteiger partial charge < -0.3 is 15.4 Å². The molecule has 2 bridgehead atoms. The van der Waals surface area contributed by atoms with Crippen molar-refractivity contribution in [2.45, 2.75) is 102 Å². The highest BCUT2D eigenvalue weighted by Gasteiger charge is 2.48. The Morgan fingerprint density at radius 3 is 2.18 bits per heavy atom. The number of hydrogen-bond donors (Lipinski definition) is 2. The highest BCUT2D eigenvalue weighted by Crippen LogP contribution is 2.47. The molecule has 5 rings (SSSR count). The van der Waals surface area contributed by atoms with Crippen LogP contribution in [-0.2, 0) is 19.7 Å². The highest BCUT2D eigenvalue weighted by atomic mass is 16.5. The van der Waals surface area contributed by atoms with Gasteiger partial charge in [0.2, 0.25) is 11.8 Å². The van der Waals surface area contributed by atoms with E-state index in [9.17, 15) is 9.59 Å². The minimum Gasteiger partial charge on any atom is -0.375 e. The normalized spacial score (nSPS) is 41.4. The van der Waals surface area contributed by atoms with E-state index in [-0.39, 0.29) is 41.4 Å². The van der Waals surface area contributed by atoms with E-state index in [1.54, 1.807) is 0 Å². The molecule has 1 aliphatic heterocycles. The highest BCUT2D eigenvalue weighted by molar-refractivity contribution is 5.82. The van der Waals surface area contributed by atoms with Crippen LogP contribution < -0.4 is 10.6 Å². The van der Waals surface area contributed by atoms with Crippen LogP contribution >= 0.6 is 0 Å². The predicted molar refractivity (Wildman–Crippen MR) is 133 cm³/mol. The summed E-state index contributed by atoms with van der Waals surface area (Å²) in [5.74, 6) is 2.15. The van der Waals surface area contributed by atoms with Gasteiger partial charge in [-0.3, -0.25) is 9.59 Å². The summed E-state index contributed by atoms with van der Waals surface area (Å²) in [5.41, 5.74) is 0.752. The molecular formula is C29H42N2O3. The maximum absolute atomic E-state index is 13.3. The van der Waals surface area contributed by atoms with Gasteiger partial charge in [0.15, 0.2) is 0 Å². The Balaban J connectivity index is 1.21. The number of benzene rings is 1. The molecule has 2 N–H and O–H groups in total. The van der Waals surface area contributed by atoms with E-state index in [4.69, 9.17) is 4.74 Å². The molecule has 1 saturated heterocycles. The zero-order chi connectivity index (χ0) is 23.9. The molecule has 4 fully saturated rings. The fourth-order valence-corrected chi connectivity index (χ4v) is 7.79. The molecule has 5 heteroatoms. The Kier molecular flexibility index (Phi) is 6.52. The molecule has 2 amide bonds. The lowest BCUT2D eigenvalue weighted by Crippen LogP contribution is -2.59. The molecule has 1 aromatic carbocycles. The molecule has 34 heavy (non-hydrogen) atoms. The number of ether oxygens (including phenoxy) is 1. The van der Waals surface area contributed by atoms with Crippen molar-refractivity contribution in [1.82, 2.24) is 10.6 Å². The third kappa shape index (κ3) is 4.78. The predicted octanol–water partition coefficient (Wildman–Crippen LogP) is 4.74. The van der Waals surface area contributed by atoms with Gasteiger partial charge in [0.1, 0.15) is 0 Å². The summed E-state index contributed by atoms with van der Waals surface area (Å²) in [6.45, 7) is 6.82. The maximum Gasteiger partial charge on any atom is 0.226 e. The summed E-state index contributed by atoms with van der Waals surface area (Å²) in [4.78, 5) is 26.4. The largest absolute Gasteiger partial charge is 0.375 e. The number of fused-ring (bicyclic) bond motifs is 2. The summed E-state index contributed by atoms with van der Waals surface area (Å²) in [6.07, 6.45) is 9.60. The van der Waals surface area contributed by atoms with Gasteiger partial charge in [-0.25, -0.2) is 0 Å². The minimum atomic E-state index is -0.396. The first-order chi connectivity index (χ1) is 16.2. The van der Waals surface area contributed by atoms with Crippen LogP contribution in [0.1, 0.15) is 84.1 Å². The second-order valence-corrected chi connectivity index (χ2v) is 12.4. The number of rotatable bonds is 6. The Morgan fingerprint density at radius 1 is 0.941 bits per heavy atom. The van der Waals surface area contributed by atoms with Gasteiger partial charge in [0, 0.05) is 23.9 Å². The standard InChI is InChI=1S/C29H42N2O3/c1-19-14-28(3,15-20(2)34-19)27(33)30-18-29(24-7-5-4-6-8-24)16-25(17-29)31-26(32)23-12-21-9-10-22(11-21)13-23/h4-8,19-23,25H,9-18H2,1-3H3,(H,30,33)(H,31,32). The Labute approximate surface area is 204 Å². The smallest absolute Gasteiger partial charge is 0.226 e. The number of carbonyl (C=O) groups excluding carboxylic acids is 2. The zero-order valence-electron chi connectivity index (χ0n) is 21.1. The van der Waals surface area contributed by atoms with Gasteiger partial charge in [-0.05, 0) is 76.2 Å². The van der Waals surface area contributed by atoms with Crippen molar-refractivity contribution in [3.63, 3.8) is 0 Å². The van der Waals surface area contributed by atoms with E-state index >= 15 is 0 Å². The number of nitrogens with one attached hydrogen (secondary N) is 2. The Morgan fingerprint density at radius 2 is 1.56 bits per heavy atom. The molecule has 0 aromatic heterocycles. The van der Waals surface area contributed by atoms with Crippen LogP contribution in [0.3, 0.4) is 0 Å². The van der Waals surface area contributed by atoms with Gasteiger partial charge in [-0.15, -0.1) is 0 Å². The van der Waals surface area contributed by atoms with Crippen LogP contribution in [-0.4, -0.2) is 36.6 Å². The summed E-state index contributed by atoms with van der Waals surface area (Å²) < 4.78 is 5.88. The van der Waals surface area contributed by atoms with Crippen LogP contribution in [0.4, 0.5) is 0 Å². The van der Waals surface area contributed by atoms with Crippen molar-refractivity contribution in [3.8, 4) is 0 Å². The Hall–Kier alpha value is -1.88. The average molecular weight is 467 g/mol. The van der Waals surface area contributed by atoms with Crippen LogP contribution in [0.25, 0.3) is 0 Å². The second-order valence-electron chi connectivity index (χ2n) is 12.4. The van der Waals surface area contributed by atoms with E-state index in [1.165, 1.54) is 24.8 Å². The third-order valence-corrected chi connectivity index (χ3v) is 9.34. The lowest BCUT2D eigenvalue weighted by Gasteiger charge is -2.49. The van der Waals surface area contributed by atoms with Crippen molar-refractivity contribution >= 4 is 11.8 Å². The van der Waals surface area contributed by atoms with E-state index < -0.39 is 5.41 Å². The number of hydrogen-bond acceptors (Lipinski definition) is 3. The molecule has 3 saturated carbocycles. The van der Waals surface area contributed by atoms with Gasteiger partial charge in [-0.1, -0.05) is 50.1 Å². The molecule has 4 aliphatic rings. The second kappa shape index (κ2) is 9.29. The van der Waals surface area contributed by atoms with Crippen LogP contribution in [0.2, 0.25) is 0 Å². The lowest BCUT2D eigenvalue weighted by atomic mass is 9.61. The van der Waals surface area contributed by atoms with Crippen LogP contribution in [0, 0.1) is 23.2 Å². The van der Waals surface area contributed by atoms with Gasteiger partial charge in [0.25, 0.3) is 0 Å². The first-order valence-corrected chi connectivity index (χ1v) is 13.5. The Bertz CT molecular complexity index is 872. The molecule has 0 spiro atoms. The molecule has 0 radical (unpaired) electrons. The summed E-state index contributed by atoms with van der Waals surface area (Å²) in [6, 6.07) is 10.7. The fraction of sp³-hybridized carbons (Fsp3) is 0.724. The average Bonchev–Trinajstić information content (AvgIpc) is 3.11. The van der Waals surface area contributed by atoms with Crippen molar-refractivity contribution in [1.29, 1.82) is 0 Å². The summed E-state index contributed by atoms with van der Waals surface area (Å²) in [7, 11) is 0. The van der Waals surface area contributed by atoms with E-state index in [2.05, 4.69) is 55.7 Å². The van der Waals surface area contributed by atoms with Crippen molar-refractivity contribution in [2.75, 3.05) is 6.54 Å². The van der Waals surface area contributed by atoms with Crippen molar-refractivity contribution in [3.05, 3.63) is 35.9 Å². The molecule has 1 heterocycles. The SMILES string of the molecule is CC1CC(C)(C(=O)NCC2(c3ccccc3)CC(NC(=O)C3CC4CCC(C4)C3)C2)CC(C)O1. The van der Waals surface area contributed by atoms with E-state index in [1.807, 2.05) is 6.07 Å². The van der Waals surface area contributed by atoms with Crippen LogP contribution in [0.15, 0.2) is 30.3 Å². The summed E-state index contributed by atoms with van der Waals surface area (Å²) in [5, 5.41) is 6.71. The van der Waals surface area contributed by atoms with Gasteiger partial charge in [-0.2, -0.15) is 0 Å². The summed E-state index contributed by atoms with van der Waals surface area (Å²) >= 11 is 0. The van der Waals surface area contributed by atoms with Crippen molar-refractivity contribution < 1.29 is 14.3 Å². The lowest BCUT2D eigenvalue weighted by molar-refractivity contribution is -0.145. The molecule has 5 nitrogen and oxygen atoms in total. The van der Waals surface area contributed by atoms with Crippen LogP contribution in [0.5, 0.6) is 0 Å². The fourth-order valence-electron chi connectivity index (χ4n) is 7.79. The molecule has 4 atom stereocenters. The molecular weight excluding hydrogens is 424 g/mol. The maximum atomic E-state index is 13.3. The van der Waals surface area contributed by atoms with Gasteiger partial charge in [0.05, 0.1) is 17.6 Å². The zero-order valence-corrected chi connectivity index (χ0v) is 21.1. The first kappa shape index (κ1) is 23.8. The quantitative estimate of drug-likeness (QED) is 0.636. The first-order valence-electron chi connectivity index (χ1n) is 13.5. The number of carbonyl (C=O) groups is 2. The van der Waals surface area contributed by atoms with Gasteiger partial charge >= 0.3 is 0 Å². The molecule has 1 aromatic rings. The minimum absolute atomic E-state index is 0.0981. The van der Waals surface area contributed by atoms with Crippen molar-refractivity contribution in [2.24, 2.45) is 23.2 Å². The third-order valence-electron chi connectivity index (χ3n) is 9.34. The monoisotopic (exact) mass is 466 g/mol. The van der Waals surface area contributed by atoms with E-state index in [0.717, 1.165) is 50.4 Å².